The van der Waals surface area contributed by atoms with Gasteiger partial charge in [-0.3, -0.25) is 9.59 Å². The number of carbonyl (C=O) groups is 2. The van der Waals surface area contributed by atoms with Gasteiger partial charge in [-0.15, -0.1) is 23.5 Å². The number of nitrogens with one attached hydrogen (secondary N) is 2. The number of hydrogen-bond donors (Lipinski definition) is 2. The first kappa shape index (κ1) is 33.8. The standard InChI is InChI=1S/C37H38Br2N2O2S2/c38-32-18-14-30(15-19-32)37(31-16-20-33(39)21-17-31)44-24-34(42)40-22-4-5-26-10-12-29(13-11-26)36(28-6-2-1-3-7-28)45-25-35(43)41-23-27-8-9-27/h1-3,6-7,10-21,27,36-37H,4-5,8-9,22-25H2,(H,40,42)(H,41,43). The van der Waals surface area contributed by atoms with Gasteiger partial charge >= 0.3 is 0 Å². The number of carbonyl (C=O) groups excluding carboxylic acids is 2. The highest BCUT2D eigenvalue weighted by Gasteiger charge is 2.22. The first-order chi connectivity index (χ1) is 21.9. The van der Waals surface area contributed by atoms with E-state index in [1.807, 2.05) is 30.3 Å². The molecule has 1 atom stereocenters. The van der Waals surface area contributed by atoms with Crippen LogP contribution in [0.4, 0.5) is 0 Å². The Morgan fingerprint density at radius 1 is 0.644 bits per heavy atom. The van der Waals surface area contributed by atoms with Crippen molar-refractivity contribution in [1.29, 1.82) is 0 Å². The van der Waals surface area contributed by atoms with Crippen molar-refractivity contribution in [2.24, 2.45) is 5.92 Å². The van der Waals surface area contributed by atoms with Gasteiger partial charge in [-0.1, -0.05) is 111 Å². The normalized spacial score (nSPS) is 13.4. The van der Waals surface area contributed by atoms with Gasteiger partial charge in [0.25, 0.3) is 0 Å². The molecular weight excluding hydrogens is 728 g/mol. The molecule has 5 rings (SSSR count). The molecule has 8 heteroatoms. The molecule has 1 aliphatic carbocycles. The van der Waals surface area contributed by atoms with Gasteiger partial charge < -0.3 is 10.6 Å². The van der Waals surface area contributed by atoms with E-state index in [2.05, 4.69) is 115 Å². The second-order valence-electron chi connectivity index (χ2n) is 11.3. The number of amides is 2. The van der Waals surface area contributed by atoms with E-state index >= 15 is 0 Å². The molecule has 4 aromatic rings. The monoisotopic (exact) mass is 764 g/mol. The van der Waals surface area contributed by atoms with Gasteiger partial charge in [-0.25, -0.2) is 0 Å². The molecule has 0 radical (unpaired) electrons. The van der Waals surface area contributed by atoms with E-state index in [0.29, 0.717) is 24.0 Å². The summed E-state index contributed by atoms with van der Waals surface area (Å²) in [6, 6.07) is 35.8. The Kier molecular flexibility index (Phi) is 13.1. The number of aryl methyl sites for hydroxylation is 1. The summed E-state index contributed by atoms with van der Waals surface area (Å²) in [5, 5.41) is 6.37. The summed E-state index contributed by atoms with van der Waals surface area (Å²) in [7, 11) is 0. The fraction of sp³-hybridized carbons (Fsp3) is 0.297. The molecule has 0 spiro atoms. The highest BCUT2D eigenvalue weighted by molar-refractivity contribution is 9.10. The summed E-state index contributed by atoms with van der Waals surface area (Å²) < 4.78 is 2.08. The van der Waals surface area contributed by atoms with Crippen LogP contribution >= 0.6 is 55.4 Å². The minimum Gasteiger partial charge on any atom is -0.355 e. The molecule has 0 aliphatic heterocycles. The Hall–Kier alpha value is -2.52. The smallest absolute Gasteiger partial charge is 0.230 e. The molecule has 0 bridgehead atoms. The zero-order valence-corrected chi connectivity index (χ0v) is 29.9. The van der Waals surface area contributed by atoms with Crippen LogP contribution in [0.5, 0.6) is 0 Å². The van der Waals surface area contributed by atoms with Crippen LogP contribution in [-0.4, -0.2) is 36.4 Å². The van der Waals surface area contributed by atoms with E-state index in [1.54, 1.807) is 23.5 Å². The first-order valence-electron chi connectivity index (χ1n) is 15.4. The number of benzene rings is 4. The quantitative estimate of drug-likeness (QED) is 0.112. The predicted molar refractivity (Wildman–Crippen MR) is 197 cm³/mol. The van der Waals surface area contributed by atoms with Crippen molar-refractivity contribution in [3.05, 3.63) is 140 Å². The molecule has 45 heavy (non-hydrogen) atoms. The predicted octanol–water partition coefficient (Wildman–Crippen LogP) is 9.13. The van der Waals surface area contributed by atoms with Crippen LogP contribution in [0, 0.1) is 5.92 Å². The number of thioether (sulfide) groups is 2. The van der Waals surface area contributed by atoms with Gasteiger partial charge in [0.15, 0.2) is 0 Å². The first-order valence-corrected chi connectivity index (χ1v) is 19.0. The van der Waals surface area contributed by atoms with E-state index in [0.717, 1.165) is 28.3 Å². The molecule has 2 amide bonds. The Labute approximate surface area is 292 Å². The summed E-state index contributed by atoms with van der Waals surface area (Å²) in [6.45, 7) is 1.45. The van der Waals surface area contributed by atoms with Crippen molar-refractivity contribution in [3.8, 4) is 0 Å². The van der Waals surface area contributed by atoms with E-state index in [9.17, 15) is 9.59 Å². The molecule has 1 aliphatic rings. The fourth-order valence-corrected chi connectivity index (χ4v) is 7.82. The maximum absolute atomic E-state index is 12.8. The lowest BCUT2D eigenvalue weighted by molar-refractivity contribution is -0.119. The largest absolute Gasteiger partial charge is 0.355 e. The average Bonchev–Trinajstić information content (AvgIpc) is 3.90. The molecule has 0 heterocycles. The summed E-state index contributed by atoms with van der Waals surface area (Å²) >= 11 is 10.4. The lowest BCUT2D eigenvalue weighted by Crippen LogP contribution is -2.27. The summed E-state index contributed by atoms with van der Waals surface area (Å²) in [5.74, 6) is 1.68. The highest BCUT2D eigenvalue weighted by atomic mass is 79.9. The highest BCUT2D eigenvalue weighted by Crippen LogP contribution is 2.37. The van der Waals surface area contributed by atoms with Crippen molar-refractivity contribution < 1.29 is 9.59 Å². The van der Waals surface area contributed by atoms with Crippen molar-refractivity contribution in [2.75, 3.05) is 24.6 Å². The number of rotatable bonds is 16. The van der Waals surface area contributed by atoms with Gasteiger partial charge in [-0.05, 0) is 83.7 Å². The van der Waals surface area contributed by atoms with Gasteiger partial charge in [0.05, 0.1) is 22.0 Å². The van der Waals surface area contributed by atoms with Crippen molar-refractivity contribution in [3.63, 3.8) is 0 Å². The summed E-state index contributed by atoms with van der Waals surface area (Å²) in [4.78, 5) is 25.2. The van der Waals surface area contributed by atoms with E-state index in [4.69, 9.17) is 0 Å². The van der Waals surface area contributed by atoms with Crippen LogP contribution in [0.3, 0.4) is 0 Å². The lowest BCUT2D eigenvalue weighted by atomic mass is 10.0. The van der Waals surface area contributed by atoms with Gasteiger partial charge in [0, 0.05) is 22.0 Å². The molecule has 2 N–H and O–H groups in total. The third-order valence-electron chi connectivity index (χ3n) is 7.74. The number of hydrogen-bond acceptors (Lipinski definition) is 4. The summed E-state index contributed by atoms with van der Waals surface area (Å²) in [6.07, 6.45) is 4.23. The molecule has 4 aromatic carbocycles. The van der Waals surface area contributed by atoms with Crippen LogP contribution in [0.25, 0.3) is 0 Å². The molecule has 0 aromatic heterocycles. The van der Waals surface area contributed by atoms with Crippen molar-refractivity contribution in [2.45, 2.75) is 36.2 Å². The second-order valence-corrected chi connectivity index (χ2v) is 15.4. The fourth-order valence-electron chi connectivity index (χ4n) is 5.05. The van der Waals surface area contributed by atoms with Crippen LogP contribution in [0.2, 0.25) is 0 Å². The molecule has 1 fully saturated rings. The SMILES string of the molecule is O=C(CSC(c1ccc(Br)cc1)c1ccc(Br)cc1)NCCCc1ccc(C(SCC(=O)NCC2CC2)c2ccccc2)cc1. The zero-order chi connectivity index (χ0) is 31.4. The van der Waals surface area contributed by atoms with Gasteiger partial charge in [-0.2, -0.15) is 0 Å². The minimum absolute atomic E-state index is 0.0541. The third-order valence-corrected chi connectivity index (χ3v) is 11.4. The Balaban J connectivity index is 1.09. The third kappa shape index (κ3) is 11.1. The Morgan fingerprint density at radius 2 is 1.11 bits per heavy atom. The minimum atomic E-state index is 0.0541. The topological polar surface area (TPSA) is 58.2 Å². The van der Waals surface area contributed by atoms with E-state index in [1.165, 1.54) is 40.7 Å². The van der Waals surface area contributed by atoms with Gasteiger partial charge in [0.1, 0.15) is 0 Å². The lowest BCUT2D eigenvalue weighted by Gasteiger charge is -2.18. The molecule has 0 saturated heterocycles. The van der Waals surface area contributed by atoms with Crippen molar-refractivity contribution >= 4 is 67.2 Å². The Morgan fingerprint density at radius 3 is 1.62 bits per heavy atom. The van der Waals surface area contributed by atoms with Crippen LogP contribution in [-0.2, 0) is 16.0 Å². The van der Waals surface area contributed by atoms with Crippen LogP contribution in [0.15, 0.2) is 112 Å². The van der Waals surface area contributed by atoms with E-state index < -0.39 is 0 Å². The second kappa shape index (κ2) is 17.4. The average molecular weight is 767 g/mol. The van der Waals surface area contributed by atoms with Crippen LogP contribution in [0.1, 0.15) is 57.6 Å². The van der Waals surface area contributed by atoms with Crippen molar-refractivity contribution in [1.82, 2.24) is 10.6 Å². The molecule has 4 nitrogen and oxygen atoms in total. The maximum atomic E-state index is 12.8. The zero-order valence-electron chi connectivity index (χ0n) is 25.1. The van der Waals surface area contributed by atoms with Gasteiger partial charge in [0.2, 0.25) is 11.8 Å². The van der Waals surface area contributed by atoms with E-state index in [-0.39, 0.29) is 22.3 Å². The molecule has 234 valence electrons. The Bertz CT molecular complexity index is 1470. The summed E-state index contributed by atoms with van der Waals surface area (Å²) in [5.41, 5.74) is 5.99. The maximum Gasteiger partial charge on any atom is 0.230 e. The molecular formula is C37H38Br2N2O2S2. The molecule has 1 saturated carbocycles. The molecule has 1 unspecified atom stereocenters. The number of halogens is 2. The van der Waals surface area contributed by atoms with Crippen LogP contribution < -0.4 is 10.6 Å².